The number of halogens is 4. The molecule has 0 spiro atoms. The lowest BCUT2D eigenvalue weighted by Gasteiger charge is -2.08. The van der Waals surface area contributed by atoms with Crippen LogP contribution in [0.15, 0.2) is 18.3 Å². The molecule has 8 heteroatoms. The Hall–Kier alpha value is -1.60. The summed E-state index contributed by atoms with van der Waals surface area (Å²) in [4.78, 5) is 3.43. The van der Waals surface area contributed by atoms with Crippen molar-refractivity contribution in [1.82, 2.24) is 14.8 Å². The van der Waals surface area contributed by atoms with Gasteiger partial charge in [-0.3, -0.25) is 9.67 Å². The maximum atomic E-state index is 12.4. The predicted octanol–water partition coefficient (Wildman–Crippen LogP) is 2.84. The Morgan fingerprint density at radius 1 is 1.24 bits per heavy atom. The quantitative estimate of drug-likeness (QED) is 0.946. The van der Waals surface area contributed by atoms with E-state index < -0.39 is 11.9 Å². The van der Waals surface area contributed by atoms with E-state index in [1.807, 2.05) is 13.8 Å². The summed E-state index contributed by atoms with van der Waals surface area (Å²) in [7, 11) is 0. The van der Waals surface area contributed by atoms with E-state index in [0.29, 0.717) is 18.7 Å². The van der Waals surface area contributed by atoms with Gasteiger partial charge in [0.1, 0.15) is 5.69 Å². The first-order valence-electron chi connectivity index (χ1n) is 6.08. The topological polar surface area (TPSA) is 56.7 Å². The number of hydrogen-bond acceptors (Lipinski definition) is 3. The van der Waals surface area contributed by atoms with Crippen LogP contribution in [0.1, 0.15) is 28.2 Å². The highest BCUT2D eigenvalue weighted by Gasteiger charge is 2.32. The molecule has 0 aliphatic carbocycles. The summed E-state index contributed by atoms with van der Waals surface area (Å²) in [5.41, 5.74) is 8.13. The van der Waals surface area contributed by atoms with Crippen LogP contribution in [-0.2, 0) is 19.3 Å². The molecule has 0 atom stereocenters. The van der Waals surface area contributed by atoms with Crippen molar-refractivity contribution in [2.75, 3.05) is 0 Å². The van der Waals surface area contributed by atoms with Crippen LogP contribution < -0.4 is 5.73 Å². The van der Waals surface area contributed by atoms with Gasteiger partial charge >= 0.3 is 6.18 Å². The van der Waals surface area contributed by atoms with Gasteiger partial charge in [-0.05, 0) is 25.5 Å². The molecule has 0 fully saturated rings. The van der Waals surface area contributed by atoms with Gasteiger partial charge in [-0.25, -0.2) is 0 Å². The summed E-state index contributed by atoms with van der Waals surface area (Å²) in [5, 5.41) is 4.33. The van der Waals surface area contributed by atoms with E-state index in [9.17, 15) is 13.2 Å². The fraction of sp³-hybridized carbons (Fsp3) is 0.385. The summed E-state index contributed by atoms with van der Waals surface area (Å²) < 4.78 is 39.0. The zero-order valence-corrected chi connectivity index (χ0v) is 12.4. The van der Waals surface area contributed by atoms with Gasteiger partial charge in [-0.1, -0.05) is 6.07 Å². The van der Waals surface area contributed by atoms with Crippen LogP contribution in [0.4, 0.5) is 13.2 Å². The Morgan fingerprint density at radius 3 is 2.33 bits per heavy atom. The summed E-state index contributed by atoms with van der Waals surface area (Å²) >= 11 is 0. The van der Waals surface area contributed by atoms with Gasteiger partial charge in [-0.2, -0.15) is 18.3 Å². The maximum absolute atomic E-state index is 12.4. The molecule has 0 radical (unpaired) electrons. The highest BCUT2D eigenvalue weighted by atomic mass is 35.5. The molecule has 2 rings (SSSR count). The third-order valence-electron chi connectivity index (χ3n) is 3.18. The SMILES string of the molecule is Cc1nn(Cc2ccc(C(F)(F)F)nc2)c(C)c1CN.Cl. The Kier molecular flexibility index (Phi) is 5.36. The molecule has 4 nitrogen and oxygen atoms in total. The van der Waals surface area contributed by atoms with Crippen LogP contribution in [0.2, 0.25) is 0 Å². The van der Waals surface area contributed by atoms with Crippen molar-refractivity contribution in [2.45, 2.75) is 33.1 Å². The zero-order valence-electron chi connectivity index (χ0n) is 11.6. The standard InChI is InChI=1S/C13H15F3N4.ClH/c1-8-11(5-17)9(2)20(19-8)7-10-3-4-12(18-6-10)13(14,15)16;/h3-4,6H,5,7,17H2,1-2H3;1H. The van der Waals surface area contributed by atoms with E-state index in [1.165, 1.54) is 12.3 Å². The molecule has 0 saturated heterocycles. The van der Waals surface area contributed by atoms with Crippen LogP contribution in [-0.4, -0.2) is 14.8 Å². The summed E-state index contributed by atoms with van der Waals surface area (Å²) in [6, 6.07) is 2.39. The number of nitrogens with two attached hydrogens (primary N) is 1. The maximum Gasteiger partial charge on any atom is 0.433 e. The van der Waals surface area contributed by atoms with Crippen molar-refractivity contribution in [2.24, 2.45) is 5.73 Å². The van der Waals surface area contributed by atoms with Crippen LogP contribution in [0.3, 0.4) is 0 Å². The molecule has 0 amide bonds. The first-order valence-corrected chi connectivity index (χ1v) is 6.08. The van der Waals surface area contributed by atoms with Gasteiger partial charge in [0.25, 0.3) is 0 Å². The third kappa shape index (κ3) is 3.74. The summed E-state index contributed by atoms with van der Waals surface area (Å²) in [6.07, 6.45) is -3.19. The molecule has 0 unspecified atom stereocenters. The van der Waals surface area contributed by atoms with Gasteiger partial charge in [0.15, 0.2) is 0 Å². The minimum Gasteiger partial charge on any atom is -0.326 e. The molecule has 2 N–H and O–H groups in total. The number of pyridine rings is 1. The monoisotopic (exact) mass is 320 g/mol. The lowest BCUT2D eigenvalue weighted by Crippen LogP contribution is -2.09. The largest absolute Gasteiger partial charge is 0.433 e. The Labute approximate surface area is 126 Å². The normalized spacial score (nSPS) is 11.3. The third-order valence-corrected chi connectivity index (χ3v) is 3.18. The summed E-state index contributed by atoms with van der Waals surface area (Å²) in [5.74, 6) is 0. The van der Waals surface area contributed by atoms with Crippen molar-refractivity contribution in [3.05, 3.63) is 46.5 Å². The molecule has 0 aliphatic rings. The van der Waals surface area contributed by atoms with Crippen LogP contribution in [0.5, 0.6) is 0 Å². The fourth-order valence-corrected chi connectivity index (χ4v) is 2.04. The second-order valence-electron chi connectivity index (χ2n) is 4.56. The van der Waals surface area contributed by atoms with Gasteiger partial charge in [0, 0.05) is 24.0 Å². The molecule has 0 saturated carbocycles. The van der Waals surface area contributed by atoms with E-state index in [-0.39, 0.29) is 12.4 Å². The molecular formula is C13H16ClF3N4. The predicted molar refractivity (Wildman–Crippen MR) is 75.2 cm³/mol. The van der Waals surface area contributed by atoms with Gasteiger partial charge < -0.3 is 5.73 Å². The van der Waals surface area contributed by atoms with Gasteiger partial charge in [-0.15, -0.1) is 12.4 Å². The van der Waals surface area contributed by atoms with E-state index in [1.54, 1.807) is 4.68 Å². The van der Waals surface area contributed by atoms with E-state index >= 15 is 0 Å². The first-order chi connectivity index (χ1) is 9.32. The molecule has 0 aliphatic heterocycles. The van der Waals surface area contributed by atoms with Crippen molar-refractivity contribution in [1.29, 1.82) is 0 Å². The fourth-order valence-electron chi connectivity index (χ4n) is 2.04. The minimum absolute atomic E-state index is 0. The summed E-state index contributed by atoms with van der Waals surface area (Å²) in [6.45, 7) is 4.51. The number of aryl methyl sites for hydroxylation is 1. The second-order valence-corrected chi connectivity index (χ2v) is 4.56. The molecule has 116 valence electrons. The molecule has 0 aromatic carbocycles. The van der Waals surface area contributed by atoms with E-state index in [2.05, 4.69) is 10.1 Å². The number of rotatable bonds is 3. The lowest BCUT2D eigenvalue weighted by molar-refractivity contribution is -0.141. The average molecular weight is 321 g/mol. The van der Waals surface area contributed by atoms with Crippen LogP contribution in [0.25, 0.3) is 0 Å². The number of aromatic nitrogens is 3. The smallest absolute Gasteiger partial charge is 0.326 e. The molecule has 21 heavy (non-hydrogen) atoms. The molecule has 2 heterocycles. The van der Waals surface area contributed by atoms with Crippen molar-refractivity contribution in [3.8, 4) is 0 Å². The van der Waals surface area contributed by atoms with Crippen LogP contribution in [0, 0.1) is 13.8 Å². The zero-order chi connectivity index (χ0) is 14.9. The van der Waals surface area contributed by atoms with Crippen molar-refractivity contribution in [3.63, 3.8) is 0 Å². The average Bonchev–Trinajstić information content (AvgIpc) is 2.63. The molecular weight excluding hydrogens is 305 g/mol. The second kappa shape index (κ2) is 6.44. The van der Waals surface area contributed by atoms with E-state index in [4.69, 9.17) is 5.73 Å². The number of nitrogens with zero attached hydrogens (tertiary/aromatic N) is 3. The molecule has 2 aromatic rings. The molecule has 0 bridgehead atoms. The van der Waals surface area contributed by atoms with Gasteiger partial charge in [0.2, 0.25) is 0 Å². The first kappa shape index (κ1) is 17.5. The Morgan fingerprint density at radius 2 is 1.90 bits per heavy atom. The highest BCUT2D eigenvalue weighted by molar-refractivity contribution is 5.85. The lowest BCUT2D eigenvalue weighted by atomic mass is 10.2. The van der Waals surface area contributed by atoms with Crippen molar-refractivity contribution >= 4 is 12.4 Å². The van der Waals surface area contributed by atoms with Crippen LogP contribution >= 0.6 is 12.4 Å². The Bertz CT molecular complexity index is 605. The molecule has 2 aromatic heterocycles. The number of alkyl halides is 3. The highest BCUT2D eigenvalue weighted by Crippen LogP contribution is 2.27. The van der Waals surface area contributed by atoms with Gasteiger partial charge in [0.05, 0.1) is 12.2 Å². The van der Waals surface area contributed by atoms with E-state index in [0.717, 1.165) is 23.0 Å². The minimum atomic E-state index is -4.41. The number of hydrogen-bond donors (Lipinski definition) is 1. The Balaban J connectivity index is 0.00000220. The van der Waals surface area contributed by atoms with Crippen molar-refractivity contribution < 1.29 is 13.2 Å².